The van der Waals surface area contributed by atoms with Crippen LogP contribution in [0.4, 0.5) is 0 Å². The largest absolute Gasteiger partial charge is 0.489 e. The lowest BCUT2D eigenvalue weighted by Crippen LogP contribution is -2.18. The lowest BCUT2D eigenvalue weighted by molar-refractivity contribution is 0.299. The van der Waals surface area contributed by atoms with Gasteiger partial charge in [0.25, 0.3) is 0 Å². The fraction of sp³-hybridized carbons (Fsp3) is 0.333. The van der Waals surface area contributed by atoms with E-state index in [9.17, 15) is 0 Å². The number of nitrogens with one attached hydrogen (secondary N) is 1. The predicted octanol–water partition coefficient (Wildman–Crippen LogP) is 5.01. The second kappa shape index (κ2) is 7.62. The Balaban J connectivity index is 2.14. The molecule has 112 valence electrons. The van der Waals surface area contributed by atoms with Crippen molar-refractivity contribution in [3.05, 3.63) is 63.6 Å². The first-order valence-electron chi connectivity index (χ1n) is 7.31. The van der Waals surface area contributed by atoms with Gasteiger partial charge in [-0.25, -0.2) is 0 Å². The van der Waals surface area contributed by atoms with E-state index in [4.69, 9.17) is 4.74 Å². The van der Waals surface area contributed by atoms with Crippen LogP contribution in [-0.4, -0.2) is 6.54 Å². The topological polar surface area (TPSA) is 21.3 Å². The predicted molar refractivity (Wildman–Crippen MR) is 91.7 cm³/mol. The maximum atomic E-state index is 6.06. The summed E-state index contributed by atoms with van der Waals surface area (Å²) in [6.07, 6.45) is 0. The van der Waals surface area contributed by atoms with Crippen molar-refractivity contribution in [3.63, 3.8) is 0 Å². The van der Waals surface area contributed by atoms with E-state index in [-0.39, 0.29) is 6.04 Å². The Labute approximate surface area is 135 Å². The molecule has 1 atom stereocenters. The molecule has 0 aliphatic heterocycles. The summed E-state index contributed by atoms with van der Waals surface area (Å²) in [7, 11) is 0. The van der Waals surface area contributed by atoms with Crippen LogP contribution in [0.2, 0.25) is 0 Å². The molecule has 2 rings (SSSR count). The summed E-state index contributed by atoms with van der Waals surface area (Å²) in [4.78, 5) is 0. The van der Waals surface area contributed by atoms with Gasteiger partial charge >= 0.3 is 0 Å². The van der Waals surface area contributed by atoms with E-state index in [2.05, 4.69) is 72.3 Å². The van der Waals surface area contributed by atoms with Crippen LogP contribution < -0.4 is 10.1 Å². The zero-order valence-corrected chi connectivity index (χ0v) is 14.4. The van der Waals surface area contributed by atoms with E-state index in [1.807, 2.05) is 12.1 Å². The van der Waals surface area contributed by atoms with Crippen LogP contribution in [0.15, 0.2) is 46.9 Å². The van der Waals surface area contributed by atoms with Crippen LogP contribution >= 0.6 is 15.9 Å². The molecule has 2 aromatic rings. The highest BCUT2D eigenvalue weighted by molar-refractivity contribution is 9.10. The van der Waals surface area contributed by atoms with Crippen molar-refractivity contribution in [1.29, 1.82) is 0 Å². The van der Waals surface area contributed by atoms with Crippen molar-refractivity contribution >= 4 is 15.9 Å². The number of hydrogen-bond donors (Lipinski definition) is 1. The first-order valence-corrected chi connectivity index (χ1v) is 8.10. The fourth-order valence-electron chi connectivity index (χ4n) is 2.28. The highest BCUT2D eigenvalue weighted by atomic mass is 79.9. The highest BCUT2D eigenvalue weighted by Gasteiger charge is 2.11. The zero-order chi connectivity index (χ0) is 15.2. The Morgan fingerprint density at radius 1 is 1.14 bits per heavy atom. The van der Waals surface area contributed by atoms with Crippen LogP contribution in [0, 0.1) is 6.92 Å². The van der Waals surface area contributed by atoms with Crippen molar-refractivity contribution in [1.82, 2.24) is 5.32 Å². The SMILES string of the molecule is CCNC(C)c1ccc(C)cc1OCc1ccc(Br)cc1. The second-order valence-electron chi connectivity index (χ2n) is 5.24. The van der Waals surface area contributed by atoms with Crippen LogP contribution in [0.3, 0.4) is 0 Å². The van der Waals surface area contributed by atoms with Crippen molar-refractivity contribution in [2.24, 2.45) is 0 Å². The van der Waals surface area contributed by atoms with E-state index in [1.54, 1.807) is 0 Å². The van der Waals surface area contributed by atoms with Crippen LogP contribution in [0.1, 0.15) is 36.6 Å². The monoisotopic (exact) mass is 347 g/mol. The molecule has 2 aromatic carbocycles. The van der Waals surface area contributed by atoms with Gasteiger partial charge in [0.1, 0.15) is 12.4 Å². The summed E-state index contributed by atoms with van der Waals surface area (Å²) < 4.78 is 7.14. The number of aryl methyl sites for hydroxylation is 1. The van der Waals surface area contributed by atoms with E-state index < -0.39 is 0 Å². The third-order valence-electron chi connectivity index (χ3n) is 3.45. The highest BCUT2D eigenvalue weighted by Crippen LogP contribution is 2.27. The molecule has 21 heavy (non-hydrogen) atoms. The average molecular weight is 348 g/mol. The molecule has 0 bridgehead atoms. The molecule has 0 aliphatic carbocycles. The quantitative estimate of drug-likeness (QED) is 0.793. The molecule has 1 N–H and O–H groups in total. The Morgan fingerprint density at radius 2 is 1.86 bits per heavy atom. The molecule has 0 saturated heterocycles. The molecule has 0 saturated carbocycles. The first kappa shape index (κ1) is 16.1. The lowest BCUT2D eigenvalue weighted by atomic mass is 10.0. The van der Waals surface area contributed by atoms with Gasteiger partial charge in [-0.05, 0) is 49.7 Å². The summed E-state index contributed by atoms with van der Waals surface area (Å²) in [6, 6.07) is 14.9. The van der Waals surface area contributed by atoms with Crippen LogP contribution in [-0.2, 0) is 6.61 Å². The number of halogens is 1. The summed E-state index contributed by atoms with van der Waals surface area (Å²) in [5.41, 5.74) is 3.59. The van der Waals surface area contributed by atoms with Crippen LogP contribution in [0.5, 0.6) is 5.75 Å². The minimum Gasteiger partial charge on any atom is -0.489 e. The summed E-state index contributed by atoms with van der Waals surface area (Å²) >= 11 is 3.45. The van der Waals surface area contributed by atoms with E-state index in [1.165, 1.54) is 16.7 Å². The molecule has 2 nitrogen and oxygen atoms in total. The summed E-state index contributed by atoms with van der Waals surface area (Å²) in [6.45, 7) is 7.91. The van der Waals surface area contributed by atoms with Gasteiger partial charge in [-0.15, -0.1) is 0 Å². The third-order valence-corrected chi connectivity index (χ3v) is 3.98. The smallest absolute Gasteiger partial charge is 0.124 e. The Kier molecular flexibility index (Phi) is 5.83. The Bertz CT molecular complexity index is 580. The van der Waals surface area contributed by atoms with Crippen molar-refractivity contribution in [3.8, 4) is 5.75 Å². The lowest BCUT2D eigenvalue weighted by Gasteiger charge is -2.18. The molecule has 1 unspecified atom stereocenters. The van der Waals surface area contributed by atoms with Crippen molar-refractivity contribution in [2.45, 2.75) is 33.4 Å². The van der Waals surface area contributed by atoms with Gasteiger partial charge in [0.15, 0.2) is 0 Å². The van der Waals surface area contributed by atoms with Crippen molar-refractivity contribution in [2.75, 3.05) is 6.54 Å². The number of ether oxygens (including phenoxy) is 1. The second-order valence-corrected chi connectivity index (χ2v) is 6.15. The van der Waals surface area contributed by atoms with Gasteiger partial charge in [0.05, 0.1) is 0 Å². The summed E-state index contributed by atoms with van der Waals surface area (Å²) in [5, 5.41) is 3.44. The van der Waals surface area contributed by atoms with Gasteiger partial charge in [-0.2, -0.15) is 0 Å². The van der Waals surface area contributed by atoms with Gasteiger partial charge in [-0.3, -0.25) is 0 Å². The minimum absolute atomic E-state index is 0.288. The first-order chi connectivity index (χ1) is 10.1. The third kappa shape index (κ3) is 4.58. The summed E-state index contributed by atoms with van der Waals surface area (Å²) in [5.74, 6) is 0.964. The molecule has 0 fully saturated rings. The average Bonchev–Trinajstić information content (AvgIpc) is 2.47. The van der Waals surface area contributed by atoms with Gasteiger partial charge in [0, 0.05) is 16.1 Å². The maximum Gasteiger partial charge on any atom is 0.124 e. The molecular weight excluding hydrogens is 326 g/mol. The molecule has 3 heteroatoms. The van der Waals surface area contributed by atoms with E-state index >= 15 is 0 Å². The standard InChI is InChI=1S/C18H22BrNO/c1-4-20-14(3)17-10-5-13(2)11-18(17)21-12-15-6-8-16(19)9-7-15/h5-11,14,20H,4,12H2,1-3H3. The number of benzene rings is 2. The zero-order valence-electron chi connectivity index (χ0n) is 12.8. The molecule has 0 aliphatic rings. The number of rotatable bonds is 6. The van der Waals surface area contributed by atoms with E-state index in [0.29, 0.717) is 6.61 Å². The van der Waals surface area contributed by atoms with Gasteiger partial charge in [0.2, 0.25) is 0 Å². The fourth-order valence-corrected chi connectivity index (χ4v) is 2.55. The molecule has 0 amide bonds. The molecule has 0 spiro atoms. The van der Waals surface area contributed by atoms with Crippen LogP contribution in [0.25, 0.3) is 0 Å². The molecule has 0 radical (unpaired) electrons. The van der Waals surface area contributed by atoms with E-state index in [0.717, 1.165) is 16.8 Å². The molecule has 0 aromatic heterocycles. The molecular formula is C18H22BrNO. The number of hydrogen-bond acceptors (Lipinski definition) is 2. The Hall–Kier alpha value is -1.32. The van der Waals surface area contributed by atoms with Gasteiger partial charge in [-0.1, -0.05) is 47.1 Å². The normalized spacial score (nSPS) is 12.2. The minimum atomic E-state index is 0.288. The Morgan fingerprint density at radius 3 is 2.52 bits per heavy atom. The molecule has 0 heterocycles. The maximum absolute atomic E-state index is 6.06. The van der Waals surface area contributed by atoms with Gasteiger partial charge < -0.3 is 10.1 Å². The van der Waals surface area contributed by atoms with Crippen molar-refractivity contribution < 1.29 is 4.74 Å².